The molecular formula is C48H53FN2O2. The third kappa shape index (κ3) is 5.34. The molecule has 53 heavy (non-hydrogen) atoms. The molecule has 2 aromatic rings. The molecule has 10 rings (SSSR count). The van der Waals surface area contributed by atoms with E-state index in [0.717, 1.165) is 44.1 Å². The first-order valence-corrected chi connectivity index (χ1v) is 20.2. The minimum atomic E-state index is -0.263. The van der Waals surface area contributed by atoms with Gasteiger partial charge < -0.3 is 0 Å². The summed E-state index contributed by atoms with van der Waals surface area (Å²) in [4.78, 5) is 32.3. The van der Waals surface area contributed by atoms with E-state index in [1.54, 1.807) is 12.3 Å². The molecular weight excluding hydrogens is 656 g/mol. The smallest absolute Gasteiger partial charge is 0.156 e. The number of aromatic nitrogens is 2. The minimum Gasteiger partial charge on any atom is -0.295 e. The third-order valence-corrected chi connectivity index (χ3v) is 16.2. The number of halogens is 1. The highest BCUT2D eigenvalue weighted by Gasteiger charge is 2.57. The van der Waals surface area contributed by atoms with Crippen molar-refractivity contribution in [3.05, 3.63) is 120 Å². The minimum absolute atomic E-state index is 0.0725. The standard InChI is InChI=1S/C24H26FNO.C24H27NO/c1-23-9-7-18(27)12-16(23)3-4-19-21-6-5-20(15-11-17(25)14-26-13-15)24(21,2)10-8-22(19)23;1-23-11-9-18(26)14-17(23)5-6-19-21-8-7-20(16-4-3-13-25-15-16)24(21,2)12-10-22(19)23/h3-5,11-14,19,21-22H,6-10H2,1-2H3;3-7,13-15,19,21-22H,8-12H2,1-2H3/t2*19-,21-,22-,23-,24+/m00/s1. The molecule has 8 aliphatic rings. The van der Waals surface area contributed by atoms with Gasteiger partial charge in [0.05, 0.1) is 6.20 Å². The Bertz CT molecular complexity index is 2050. The zero-order chi connectivity index (χ0) is 36.8. The maximum atomic E-state index is 13.8. The molecule has 2 saturated carbocycles. The molecule has 0 aliphatic heterocycles. The monoisotopic (exact) mass is 708 g/mol. The lowest BCUT2D eigenvalue weighted by molar-refractivity contribution is -0.117. The SMILES string of the molecule is C[C@]12CCC(=O)C=C1C=C[C@@H]1[C@@H]2CC[C@]2(C)C(c3cccnc3)=CC[C@@H]12.C[C@]12CCC(=O)C=C1C=C[C@@H]1[C@@H]2CC[C@]2(C)C(c3cncc(F)c3)=CC[C@@H]12. The molecule has 10 atom stereocenters. The van der Waals surface area contributed by atoms with Crippen molar-refractivity contribution < 1.29 is 14.0 Å². The second kappa shape index (κ2) is 12.5. The first kappa shape index (κ1) is 34.8. The van der Waals surface area contributed by atoms with Gasteiger partial charge in [-0.15, -0.1) is 0 Å². The van der Waals surface area contributed by atoms with Crippen molar-refractivity contribution in [1.29, 1.82) is 0 Å². The van der Waals surface area contributed by atoms with Crippen LogP contribution in [0.15, 0.2) is 103 Å². The van der Waals surface area contributed by atoms with Gasteiger partial charge in [-0.05, 0) is 166 Å². The molecule has 5 heteroatoms. The number of carbonyl (C=O) groups excluding carboxylic acids is 2. The lowest BCUT2D eigenvalue weighted by atomic mass is 9.48. The highest BCUT2D eigenvalue weighted by atomic mass is 19.1. The zero-order valence-electron chi connectivity index (χ0n) is 31.8. The molecule has 4 nitrogen and oxygen atoms in total. The van der Waals surface area contributed by atoms with Gasteiger partial charge in [-0.2, -0.15) is 0 Å². The second-order valence-electron chi connectivity index (χ2n) is 18.5. The molecule has 0 unspecified atom stereocenters. The van der Waals surface area contributed by atoms with Crippen LogP contribution in [-0.4, -0.2) is 21.5 Å². The van der Waals surface area contributed by atoms with E-state index in [2.05, 4.69) is 86.3 Å². The maximum absolute atomic E-state index is 13.8. The first-order chi connectivity index (χ1) is 25.4. The fourth-order valence-corrected chi connectivity index (χ4v) is 13.1. The van der Waals surface area contributed by atoms with Gasteiger partial charge in [-0.3, -0.25) is 19.6 Å². The van der Waals surface area contributed by atoms with Crippen molar-refractivity contribution in [3.8, 4) is 0 Å². The molecule has 0 N–H and O–H groups in total. The summed E-state index contributed by atoms with van der Waals surface area (Å²) in [6.07, 6.45) is 35.3. The Morgan fingerprint density at radius 3 is 1.68 bits per heavy atom. The lowest BCUT2D eigenvalue weighted by Gasteiger charge is -2.55. The van der Waals surface area contributed by atoms with Crippen LogP contribution in [0, 0.1) is 63.0 Å². The Hall–Kier alpha value is -3.99. The van der Waals surface area contributed by atoms with Gasteiger partial charge in [0, 0.05) is 31.4 Å². The molecule has 2 aromatic heterocycles. The lowest BCUT2D eigenvalue weighted by Crippen LogP contribution is -2.48. The number of allylic oxidation sites excluding steroid dienone is 12. The van der Waals surface area contributed by atoms with Crippen LogP contribution in [-0.2, 0) is 9.59 Å². The summed E-state index contributed by atoms with van der Waals surface area (Å²) >= 11 is 0. The van der Waals surface area contributed by atoms with Crippen LogP contribution in [0.25, 0.3) is 11.1 Å². The van der Waals surface area contributed by atoms with Crippen LogP contribution in [0.2, 0.25) is 0 Å². The summed E-state index contributed by atoms with van der Waals surface area (Å²) in [5, 5.41) is 0. The predicted octanol–water partition coefficient (Wildman–Crippen LogP) is 10.9. The number of hydrogen-bond donors (Lipinski definition) is 0. The van der Waals surface area contributed by atoms with Gasteiger partial charge in [0.25, 0.3) is 0 Å². The Balaban J connectivity index is 0.000000141. The molecule has 0 bridgehead atoms. The number of rotatable bonds is 2. The molecule has 0 saturated heterocycles. The van der Waals surface area contributed by atoms with Crippen LogP contribution in [0.1, 0.15) is 103 Å². The van der Waals surface area contributed by atoms with Crippen LogP contribution in [0.4, 0.5) is 4.39 Å². The number of hydrogen-bond acceptors (Lipinski definition) is 4. The van der Waals surface area contributed by atoms with Crippen molar-refractivity contribution in [2.45, 2.75) is 91.9 Å². The fourth-order valence-electron chi connectivity index (χ4n) is 13.1. The summed E-state index contributed by atoms with van der Waals surface area (Å²) in [6.45, 7) is 9.63. The highest BCUT2D eigenvalue weighted by molar-refractivity contribution is 5.93. The van der Waals surface area contributed by atoms with E-state index in [1.807, 2.05) is 24.5 Å². The van der Waals surface area contributed by atoms with Crippen molar-refractivity contribution in [2.24, 2.45) is 57.2 Å². The second-order valence-corrected chi connectivity index (χ2v) is 18.5. The topological polar surface area (TPSA) is 59.9 Å². The van der Waals surface area contributed by atoms with E-state index in [4.69, 9.17) is 0 Å². The number of fused-ring (bicyclic) bond motifs is 10. The van der Waals surface area contributed by atoms with Gasteiger partial charge in [-0.25, -0.2) is 4.39 Å². The molecule has 0 radical (unpaired) electrons. The van der Waals surface area contributed by atoms with Gasteiger partial charge in [0.2, 0.25) is 0 Å². The van der Waals surface area contributed by atoms with Crippen molar-refractivity contribution in [3.63, 3.8) is 0 Å². The number of nitrogens with zero attached hydrogens (tertiary/aromatic N) is 2. The first-order valence-electron chi connectivity index (χ1n) is 20.2. The third-order valence-electron chi connectivity index (χ3n) is 16.2. The predicted molar refractivity (Wildman–Crippen MR) is 208 cm³/mol. The summed E-state index contributed by atoms with van der Waals surface area (Å²) in [5.41, 5.74) is 8.17. The van der Waals surface area contributed by atoms with E-state index in [9.17, 15) is 14.0 Å². The zero-order valence-corrected chi connectivity index (χ0v) is 31.8. The number of ketones is 2. The molecule has 274 valence electrons. The van der Waals surface area contributed by atoms with Crippen molar-refractivity contribution >= 4 is 22.7 Å². The van der Waals surface area contributed by atoms with E-state index in [-0.39, 0.29) is 33.3 Å². The van der Waals surface area contributed by atoms with E-state index in [0.29, 0.717) is 47.7 Å². The molecule has 0 amide bonds. The summed E-state index contributed by atoms with van der Waals surface area (Å²) in [5.74, 6) is 3.94. The van der Waals surface area contributed by atoms with Crippen LogP contribution >= 0.6 is 0 Å². The van der Waals surface area contributed by atoms with E-state index in [1.165, 1.54) is 53.3 Å². The summed E-state index contributed by atoms with van der Waals surface area (Å²) < 4.78 is 13.8. The quantitative estimate of drug-likeness (QED) is 0.312. The van der Waals surface area contributed by atoms with Gasteiger partial charge in [0.15, 0.2) is 11.6 Å². The molecule has 0 aromatic carbocycles. The summed E-state index contributed by atoms with van der Waals surface area (Å²) in [7, 11) is 0. The van der Waals surface area contributed by atoms with Gasteiger partial charge in [-0.1, -0.05) is 70.2 Å². The Morgan fingerprint density at radius 1 is 0.642 bits per heavy atom. The highest BCUT2D eigenvalue weighted by Crippen LogP contribution is 2.66. The number of pyridine rings is 2. The van der Waals surface area contributed by atoms with E-state index >= 15 is 0 Å². The average Bonchev–Trinajstić information content (AvgIpc) is 3.70. The van der Waals surface area contributed by atoms with Crippen LogP contribution in [0.5, 0.6) is 0 Å². The fraction of sp³-hybridized carbons (Fsp3) is 0.500. The van der Waals surface area contributed by atoms with Crippen LogP contribution in [0.3, 0.4) is 0 Å². The Labute approximate surface area is 314 Å². The number of carbonyl (C=O) groups is 2. The largest absolute Gasteiger partial charge is 0.295 e. The van der Waals surface area contributed by atoms with Crippen molar-refractivity contribution in [1.82, 2.24) is 9.97 Å². The molecule has 2 fully saturated rings. The maximum Gasteiger partial charge on any atom is 0.156 e. The van der Waals surface area contributed by atoms with E-state index < -0.39 is 0 Å². The molecule has 0 spiro atoms. The molecule has 8 aliphatic carbocycles. The van der Waals surface area contributed by atoms with Crippen LogP contribution < -0.4 is 0 Å². The van der Waals surface area contributed by atoms with Gasteiger partial charge in [0.1, 0.15) is 5.82 Å². The van der Waals surface area contributed by atoms with Crippen molar-refractivity contribution in [2.75, 3.05) is 0 Å². The Morgan fingerprint density at radius 2 is 1.17 bits per heavy atom. The average molecular weight is 709 g/mol. The Kier molecular flexibility index (Phi) is 8.22. The van der Waals surface area contributed by atoms with Gasteiger partial charge >= 0.3 is 0 Å². The molecule has 2 heterocycles. The summed E-state index contributed by atoms with van der Waals surface area (Å²) in [6, 6.07) is 5.89. The normalized spacial score (nSPS) is 40.5.